The summed E-state index contributed by atoms with van der Waals surface area (Å²) >= 11 is 6.19. The van der Waals surface area contributed by atoms with E-state index >= 15 is 0 Å². The normalized spacial score (nSPS) is 11.3. The number of nitrogens with one attached hydrogen (secondary N) is 1. The first-order valence-electron chi connectivity index (χ1n) is 7.93. The Morgan fingerprint density at radius 2 is 1.89 bits per heavy atom. The van der Waals surface area contributed by atoms with E-state index in [4.69, 9.17) is 11.6 Å². The summed E-state index contributed by atoms with van der Waals surface area (Å²) in [5.41, 5.74) is 0.685. The van der Waals surface area contributed by atoms with Crippen molar-refractivity contribution < 1.29 is 13.9 Å². The molecule has 2 aromatic carbocycles. The molecule has 4 rings (SSSR count). The van der Waals surface area contributed by atoms with Gasteiger partial charge in [0.1, 0.15) is 5.65 Å². The second-order valence-electron chi connectivity index (χ2n) is 5.98. The van der Waals surface area contributed by atoms with Gasteiger partial charge < -0.3 is 10.1 Å². The van der Waals surface area contributed by atoms with Gasteiger partial charge in [-0.1, -0.05) is 29.8 Å². The maximum absolute atomic E-state index is 13.7. The van der Waals surface area contributed by atoms with E-state index in [1.807, 2.05) is 0 Å². The van der Waals surface area contributed by atoms with Crippen LogP contribution in [0.1, 0.15) is 5.69 Å². The molecule has 0 radical (unpaired) electrons. The monoisotopic (exact) mass is 387 g/mol. The molecule has 0 saturated carbocycles. The van der Waals surface area contributed by atoms with Crippen LogP contribution in [0.4, 0.5) is 8.78 Å². The van der Waals surface area contributed by atoms with Gasteiger partial charge >= 0.3 is 0 Å². The molecule has 0 atom stereocenters. The molecule has 2 aromatic heterocycles. The second-order valence-corrected chi connectivity index (χ2v) is 6.38. The van der Waals surface area contributed by atoms with Gasteiger partial charge in [0, 0.05) is 11.6 Å². The van der Waals surface area contributed by atoms with Crippen LogP contribution >= 0.6 is 11.6 Å². The Labute approximate surface area is 156 Å². The Hall–Kier alpha value is -3.19. The van der Waals surface area contributed by atoms with E-state index in [1.165, 1.54) is 10.7 Å². The molecule has 27 heavy (non-hydrogen) atoms. The molecule has 0 aliphatic carbocycles. The molecule has 0 unspecified atom stereocenters. The molecule has 0 aliphatic heterocycles. The molecule has 0 amide bonds. The highest BCUT2D eigenvalue weighted by Crippen LogP contribution is 2.33. The van der Waals surface area contributed by atoms with E-state index in [0.717, 1.165) is 12.1 Å². The summed E-state index contributed by atoms with van der Waals surface area (Å²) in [6, 6.07) is 9.98. The van der Waals surface area contributed by atoms with Crippen molar-refractivity contribution in [3.05, 3.63) is 75.0 Å². The summed E-state index contributed by atoms with van der Waals surface area (Å²) in [5, 5.41) is 15.1. The van der Waals surface area contributed by atoms with Crippen molar-refractivity contribution in [1.82, 2.24) is 14.8 Å². The number of aromatic amines is 1. The lowest BCUT2D eigenvalue weighted by molar-refractivity contribution is 0.471. The van der Waals surface area contributed by atoms with Crippen LogP contribution in [-0.2, 0) is 0 Å². The number of halogens is 3. The number of rotatable bonds is 2. The van der Waals surface area contributed by atoms with Gasteiger partial charge in [-0.2, -0.15) is 5.10 Å². The van der Waals surface area contributed by atoms with Crippen LogP contribution in [0.3, 0.4) is 0 Å². The van der Waals surface area contributed by atoms with Crippen LogP contribution in [0.5, 0.6) is 5.75 Å². The zero-order valence-electron chi connectivity index (χ0n) is 13.9. The number of nitrogens with zero attached hydrogens (tertiary/aromatic N) is 2. The number of benzene rings is 2. The molecule has 136 valence electrons. The Morgan fingerprint density at radius 1 is 1.15 bits per heavy atom. The summed E-state index contributed by atoms with van der Waals surface area (Å²) in [7, 11) is 0. The number of aromatic hydroxyl groups is 1. The van der Waals surface area contributed by atoms with E-state index in [9.17, 15) is 18.7 Å². The molecule has 0 spiro atoms. The lowest BCUT2D eigenvalue weighted by Crippen LogP contribution is -2.07. The standard InChI is InChI=1S/C19H12ClF2N3O2/c1-9-15-17(26)18(27)16(11-4-2-3-5-12(11)20)23-19(15)25(24-9)10-6-7-13(21)14(22)8-10/h2-8,27H,1H3,(H,23,26). The first-order valence-corrected chi connectivity index (χ1v) is 8.31. The number of pyridine rings is 1. The van der Waals surface area contributed by atoms with Crippen molar-refractivity contribution >= 4 is 22.6 Å². The number of hydrogen-bond acceptors (Lipinski definition) is 3. The SMILES string of the molecule is Cc1nn(-c2ccc(F)c(F)c2)c2[nH]c(-c3ccccc3Cl)c(O)c(=O)c12. The minimum absolute atomic E-state index is 0.113. The third-order valence-corrected chi connectivity index (χ3v) is 4.60. The van der Waals surface area contributed by atoms with E-state index in [1.54, 1.807) is 31.2 Å². The van der Waals surface area contributed by atoms with Crippen molar-refractivity contribution in [2.24, 2.45) is 0 Å². The predicted octanol–water partition coefficient (Wildman–Crippen LogP) is 4.33. The molecule has 2 N–H and O–H groups in total. The molecular formula is C19H12ClF2N3O2. The van der Waals surface area contributed by atoms with E-state index in [2.05, 4.69) is 10.1 Å². The summed E-state index contributed by atoms with van der Waals surface area (Å²) in [6.07, 6.45) is 0. The number of aryl methyl sites for hydroxylation is 1. The van der Waals surface area contributed by atoms with Gasteiger partial charge in [-0.3, -0.25) is 4.79 Å². The first kappa shape index (κ1) is 17.2. The van der Waals surface area contributed by atoms with Crippen LogP contribution in [0.15, 0.2) is 47.3 Å². The van der Waals surface area contributed by atoms with Gasteiger partial charge in [0.25, 0.3) is 0 Å². The van der Waals surface area contributed by atoms with E-state index < -0.39 is 22.8 Å². The van der Waals surface area contributed by atoms with Crippen molar-refractivity contribution in [3.63, 3.8) is 0 Å². The zero-order chi connectivity index (χ0) is 19.3. The van der Waals surface area contributed by atoms with Crippen LogP contribution < -0.4 is 5.43 Å². The van der Waals surface area contributed by atoms with E-state index in [-0.39, 0.29) is 22.4 Å². The Kier molecular flexibility index (Phi) is 3.96. The Bertz CT molecular complexity index is 1260. The molecule has 0 fully saturated rings. The number of hydrogen-bond donors (Lipinski definition) is 2. The van der Waals surface area contributed by atoms with Crippen LogP contribution in [-0.4, -0.2) is 19.9 Å². The molecule has 8 heteroatoms. The second kappa shape index (κ2) is 6.21. The largest absolute Gasteiger partial charge is 0.503 e. The lowest BCUT2D eigenvalue weighted by atomic mass is 10.1. The molecular weight excluding hydrogens is 376 g/mol. The van der Waals surface area contributed by atoms with Gasteiger partial charge in [0.2, 0.25) is 5.43 Å². The molecule has 0 saturated heterocycles. The Balaban J connectivity index is 2.07. The van der Waals surface area contributed by atoms with Gasteiger partial charge in [0.15, 0.2) is 17.4 Å². The summed E-state index contributed by atoms with van der Waals surface area (Å²) < 4.78 is 28.2. The molecule has 0 bridgehead atoms. The first-order chi connectivity index (χ1) is 12.9. The number of aromatic nitrogens is 3. The molecule has 0 aliphatic rings. The lowest BCUT2D eigenvalue weighted by Gasteiger charge is -2.09. The topological polar surface area (TPSA) is 70.9 Å². The van der Waals surface area contributed by atoms with Gasteiger partial charge in [-0.25, -0.2) is 13.5 Å². The molecule has 2 heterocycles. The van der Waals surface area contributed by atoms with E-state index in [0.29, 0.717) is 16.3 Å². The fraction of sp³-hybridized carbons (Fsp3) is 0.0526. The predicted molar refractivity (Wildman–Crippen MR) is 98.5 cm³/mol. The highest BCUT2D eigenvalue weighted by molar-refractivity contribution is 6.33. The minimum Gasteiger partial charge on any atom is -0.503 e. The summed E-state index contributed by atoms with van der Waals surface area (Å²) in [5.74, 6) is -2.53. The summed E-state index contributed by atoms with van der Waals surface area (Å²) in [4.78, 5) is 15.7. The highest BCUT2D eigenvalue weighted by Gasteiger charge is 2.21. The van der Waals surface area contributed by atoms with Crippen LogP contribution in [0.25, 0.3) is 28.0 Å². The van der Waals surface area contributed by atoms with Crippen molar-refractivity contribution in [1.29, 1.82) is 0 Å². The Morgan fingerprint density at radius 3 is 2.59 bits per heavy atom. The van der Waals surface area contributed by atoms with Gasteiger partial charge in [-0.05, 0) is 25.1 Å². The third kappa shape index (κ3) is 2.67. The molecule has 5 nitrogen and oxygen atoms in total. The quantitative estimate of drug-likeness (QED) is 0.538. The van der Waals surface area contributed by atoms with Crippen molar-refractivity contribution in [3.8, 4) is 22.7 Å². The van der Waals surface area contributed by atoms with Gasteiger partial charge in [0.05, 0.1) is 27.5 Å². The fourth-order valence-corrected chi connectivity index (χ4v) is 3.22. The maximum Gasteiger partial charge on any atom is 0.235 e. The average Bonchev–Trinajstić information content (AvgIpc) is 2.97. The highest BCUT2D eigenvalue weighted by atomic mass is 35.5. The van der Waals surface area contributed by atoms with Gasteiger partial charge in [-0.15, -0.1) is 0 Å². The zero-order valence-corrected chi connectivity index (χ0v) is 14.7. The number of H-pyrrole nitrogens is 1. The molecule has 4 aromatic rings. The van der Waals surface area contributed by atoms with Crippen molar-refractivity contribution in [2.45, 2.75) is 6.92 Å². The average molecular weight is 388 g/mol. The smallest absolute Gasteiger partial charge is 0.235 e. The maximum atomic E-state index is 13.7. The summed E-state index contributed by atoms with van der Waals surface area (Å²) in [6.45, 7) is 1.59. The minimum atomic E-state index is -1.04. The fourth-order valence-electron chi connectivity index (χ4n) is 2.99. The van der Waals surface area contributed by atoms with Crippen LogP contribution in [0, 0.1) is 18.6 Å². The third-order valence-electron chi connectivity index (χ3n) is 4.27. The number of fused-ring (bicyclic) bond motifs is 1. The van der Waals surface area contributed by atoms with Crippen LogP contribution in [0.2, 0.25) is 5.02 Å². The van der Waals surface area contributed by atoms with Crippen molar-refractivity contribution in [2.75, 3.05) is 0 Å².